The fraction of sp³-hybridized carbons (Fsp3) is 1.00. The van der Waals surface area contributed by atoms with Crippen molar-refractivity contribution in [2.24, 2.45) is 41.4 Å². The van der Waals surface area contributed by atoms with Crippen LogP contribution in [0.2, 0.25) is 0 Å². The predicted molar refractivity (Wildman–Crippen MR) is 128 cm³/mol. The van der Waals surface area contributed by atoms with Gasteiger partial charge in [-0.1, -0.05) is 20.8 Å². The van der Waals surface area contributed by atoms with Crippen LogP contribution < -0.4 is 0 Å². The Morgan fingerprint density at radius 2 is 0.667 bits per heavy atom. The summed E-state index contributed by atoms with van der Waals surface area (Å²) in [5, 5.41) is -2.51. The summed E-state index contributed by atoms with van der Waals surface area (Å²) in [4.78, 5) is 0. The molecule has 3 aliphatic rings. The van der Waals surface area contributed by atoms with Crippen molar-refractivity contribution in [3.63, 3.8) is 0 Å². The van der Waals surface area contributed by atoms with E-state index in [2.05, 4.69) is 0 Å². The lowest BCUT2D eigenvalue weighted by molar-refractivity contribution is -0.222. The third kappa shape index (κ3) is 8.46. The second-order valence-corrected chi connectivity index (χ2v) is 14.8. The number of hydrogen-bond acceptors (Lipinski definition) is 2. The zero-order valence-corrected chi connectivity index (χ0v) is 23.3. The van der Waals surface area contributed by atoms with E-state index < -0.39 is 97.4 Å². The molecule has 3 fully saturated rings. The molecule has 0 nitrogen and oxygen atoms in total. The third-order valence-electron chi connectivity index (χ3n) is 8.78. The van der Waals surface area contributed by atoms with E-state index in [1.165, 1.54) is 0 Å². The van der Waals surface area contributed by atoms with Crippen molar-refractivity contribution in [3.8, 4) is 0 Å². The van der Waals surface area contributed by atoms with Gasteiger partial charge in [0, 0.05) is 21.0 Å². The predicted octanol–water partition coefficient (Wildman–Crippen LogP) is 10.3. The quantitative estimate of drug-likeness (QED) is 0.285. The average molecular weight is 627 g/mol. The van der Waals surface area contributed by atoms with E-state index in [1.54, 1.807) is 6.92 Å². The van der Waals surface area contributed by atoms with E-state index in [0.29, 0.717) is 6.42 Å². The van der Waals surface area contributed by atoms with Gasteiger partial charge in [-0.15, -0.1) is 0 Å². The van der Waals surface area contributed by atoms with Crippen LogP contribution in [0.25, 0.3) is 0 Å². The molecule has 3 aliphatic carbocycles. The molecule has 14 heteroatoms. The standard InChI is InChI=1S/C25H34F12S2/c1-11-4-12(2)21(39-19-9-16(24(32,33)34)6-17(10-19)25(35,36)37)13(3)20(11)38-18-7-14(22(26,27)28)5-15(8-18)23(29,30)31/h11-21H,4-10H2,1-3H3. The molecule has 0 amide bonds. The Morgan fingerprint density at radius 1 is 0.410 bits per heavy atom. The van der Waals surface area contributed by atoms with E-state index in [1.807, 2.05) is 13.8 Å². The first kappa shape index (κ1) is 33.4. The third-order valence-corrected chi connectivity index (χ3v) is 12.7. The minimum Gasteiger partial charge on any atom is -0.171 e. The minimum atomic E-state index is -4.76. The zero-order valence-electron chi connectivity index (χ0n) is 21.7. The van der Waals surface area contributed by atoms with Gasteiger partial charge in [0.05, 0.1) is 23.7 Å². The maximum atomic E-state index is 13.5. The molecule has 0 aromatic carbocycles. The van der Waals surface area contributed by atoms with Gasteiger partial charge in [-0.2, -0.15) is 76.2 Å². The van der Waals surface area contributed by atoms with Gasteiger partial charge < -0.3 is 0 Å². The first-order chi connectivity index (χ1) is 17.6. The summed E-state index contributed by atoms with van der Waals surface area (Å²) in [5.41, 5.74) is 0. The topological polar surface area (TPSA) is 0 Å². The van der Waals surface area contributed by atoms with E-state index in [0.717, 1.165) is 23.5 Å². The largest absolute Gasteiger partial charge is 0.391 e. The molecule has 8 unspecified atom stereocenters. The van der Waals surface area contributed by atoms with Crippen LogP contribution in [-0.2, 0) is 0 Å². The summed E-state index contributed by atoms with van der Waals surface area (Å²) in [5.74, 6) is -8.77. The highest BCUT2D eigenvalue weighted by atomic mass is 32.2. The van der Waals surface area contributed by atoms with Crippen LogP contribution in [0, 0.1) is 41.4 Å². The molecule has 39 heavy (non-hydrogen) atoms. The van der Waals surface area contributed by atoms with E-state index >= 15 is 0 Å². The molecule has 0 aromatic heterocycles. The van der Waals surface area contributed by atoms with E-state index in [4.69, 9.17) is 0 Å². The lowest BCUT2D eigenvalue weighted by Gasteiger charge is -2.48. The summed E-state index contributed by atoms with van der Waals surface area (Å²) < 4.78 is 162. The number of halogens is 12. The fourth-order valence-corrected chi connectivity index (χ4v) is 10.8. The van der Waals surface area contributed by atoms with Gasteiger partial charge >= 0.3 is 24.7 Å². The fourth-order valence-electron chi connectivity index (χ4n) is 6.86. The van der Waals surface area contributed by atoms with Gasteiger partial charge in [-0.3, -0.25) is 0 Å². The summed E-state index contributed by atoms with van der Waals surface area (Å²) >= 11 is 2.20. The molecule has 0 spiro atoms. The molecule has 0 heterocycles. The van der Waals surface area contributed by atoms with Gasteiger partial charge in [-0.25, -0.2) is 0 Å². The van der Waals surface area contributed by atoms with Crippen molar-refractivity contribution in [1.29, 1.82) is 0 Å². The second kappa shape index (κ2) is 11.9. The van der Waals surface area contributed by atoms with Gasteiger partial charge in [-0.05, 0) is 62.7 Å². The maximum absolute atomic E-state index is 13.5. The molecule has 0 bridgehead atoms. The SMILES string of the molecule is CC1CC(C)C(SC2CC(C(F)(F)F)CC(C(F)(F)F)C2)C(C)C1SC1CC(C(F)(F)F)CC(C(F)(F)F)C1. The van der Waals surface area contributed by atoms with Crippen LogP contribution in [0.3, 0.4) is 0 Å². The molecular weight excluding hydrogens is 592 g/mol. The first-order valence-corrected chi connectivity index (χ1v) is 15.0. The Bertz CT molecular complexity index is 697. The zero-order chi connectivity index (χ0) is 29.7. The number of thioether (sulfide) groups is 2. The Labute approximate surface area is 229 Å². The Hall–Kier alpha value is -0.140. The Kier molecular flexibility index (Phi) is 10.1. The molecule has 3 saturated carbocycles. The van der Waals surface area contributed by atoms with Crippen molar-refractivity contribution in [2.75, 3.05) is 0 Å². The maximum Gasteiger partial charge on any atom is 0.391 e. The number of hydrogen-bond donors (Lipinski definition) is 0. The smallest absolute Gasteiger partial charge is 0.171 e. The lowest BCUT2D eigenvalue weighted by atomic mass is 9.76. The summed E-state index contributed by atoms with van der Waals surface area (Å²) in [7, 11) is 0. The molecule has 0 radical (unpaired) electrons. The molecule has 8 atom stereocenters. The molecule has 0 aliphatic heterocycles. The van der Waals surface area contributed by atoms with Crippen LogP contribution in [0.4, 0.5) is 52.7 Å². The highest BCUT2D eigenvalue weighted by Crippen LogP contribution is 2.55. The molecule has 0 aromatic rings. The van der Waals surface area contributed by atoms with E-state index in [9.17, 15) is 52.7 Å². The van der Waals surface area contributed by atoms with Gasteiger partial charge in [0.2, 0.25) is 0 Å². The number of rotatable bonds is 4. The molecule has 230 valence electrons. The minimum absolute atomic E-state index is 0.0790. The monoisotopic (exact) mass is 626 g/mol. The van der Waals surface area contributed by atoms with E-state index in [-0.39, 0.29) is 28.3 Å². The summed E-state index contributed by atoms with van der Waals surface area (Å²) in [6, 6.07) is 0. The van der Waals surface area contributed by atoms with Crippen molar-refractivity contribution in [2.45, 2.75) is 111 Å². The van der Waals surface area contributed by atoms with Crippen LogP contribution in [-0.4, -0.2) is 45.7 Å². The van der Waals surface area contributed by atoms with Gasteiger partial charge in [0.15, 0.2) is 0 Å². The highest BCUT2D eigenvalue weighted by Gasteiger charge is 2.55. The molecule has 0 N–H and O–H groups in total. The van der Waals surface area contributed by atoms with Crippen molar-refractivity contribution < 1.29 is 52.7 Å². The molecule has 0 saturated heterocycles. The van der Waals surface area contributed by atoms with Crippen LogP contribution in [0.15, 0.2) is 0 Å². The first-order valence-electron chi connectivity index (χ1n) is 13.1. The lowest BCUT2D eigenvalue weighted by Crippen LogP contribution is -2.45. The molecular formula is C25H34F12S2. The highest BCUT2D eigenvalue weighted by molar-refractivity contribution is 8.01. The van der Waals surface area contributed by atoms with Crippen molar-refractivity contribution in [3.05, 3.63) is 0 Å². The van der Waals surface area contributed by atoms with Gasteiger partial charge in [0.25, 0.3) is 0 Å². The normalized spacial score (nSPS) is 41.5. The van der Waals surface area contributed by atoms with Crippen LogP contribution in [0.1, 0.15) is 65.7 Å². The van der Waals surface area contributed by atoms with Crippen molar-refractivity contribution in [1.82, 2.24) is 0 Å². The molecule has 3 rings (SSSR count). The Balaban J connectivity index is 1.77. The summed E-state index contributed by atoms with van der Waals surface area (Å²) in [6.45, 7) is 5.49. The van der Waals surface area contributed by atoms with Crippen LogP contribution in [0.5, 0.6) is 0 Å². The Morgan fingerprint density at radius 3 is 0.897 bits per heavy atom. The summed E-state index contributed by atoms with van der Waals surface area (Å²) in [6.07, 6.45) is -22.3. The van der Waals surface area contributed by atoms with Crippen LogP contribution >= 0.6 is 23.5 Å². The second-order valence-electron chi connectivity index (χ2n) is 11.9. The number of alkyl halides is 12. The van der Waals surface area contributed by atoms with Crippen molar-refractivity contribution >= 4 is 23.5 Å². The average Bonchev–Trinajstić information content (AvgIpc) is 2.76. The van der Waals surface area contributed by atoms with Gasteiger partial charge in [0.1, 0.15) is 0 Å².